The topological polar surface area (TPSA) is 84.7 Å². The number of amides is 1. The number of nitrogens with one attached hydrogen (secondary N) is 2. The average molecular weight is 427 g/mol. The molecule has 0 saturated carbocycles. The summed E-state index contributed by atoms with van der Waals surface area (Å²) in [7, 11) is 0. The minimum atomic E-state index is -0.130. The maximum absolute atomic E-state index is 12.4. The zero-order chi connectivity index (χ0) is 22.7. The first-order valence-corrected chi connectivity index (χ1v) is 10.6. The molecule has 7 nitrogen and oxygen atoms in total. The predicted octanol–water partition coefficient (Wildman–Crippen LogP) is 5.15. The van der Waals surface area contributed by atoms with Crippen LogP contribution in [0.4, 0.5) is 17.2 Å². The molecule has 0 saturated heterocycles. The van der Waals surface area contributed by atoms with Gasteiger partial charge < -0.3 is 10.6 Å². The zero-order valence-electron chi connectivity index (χ0n) is 18.7. The zero-order valence-corrected chi connectivity index (χ0v) is 18.7. The van der Waals surface area contributed by atoms with Crippen LogP contribution in [0.15, 0.2) is 60.7 Å². The molecule has 0 aliphatic carbocycles. The summed E-state index contributed by atoms with van der Waals surface area (Å²) >= 11 is 0. The van der Waals surface area contributed by atoms with Crippen molar-refractivity contribution < 1.29 is 4.79 Å². The Kier molecular flexibility index (Phi) is 5.98. The van der Waals surface area contributed by atoms with Gasteiger partial charge in [-0.2, -0.15) is 5.10 Å². The maximum Gasteiger partial charge on any atom is 0.255 e. The van der Waals surface area contributed by atoms with E-state index >= 15 is 0 Å². The fourth-order valence-corrected chi connectivity index (χ4v) is 3.33. The molecule has 0 spiro atoms. The molecule has 32 heavy (non-hydrogen) atoms. The van der Waals surface area contributed by atoms with Crippen molar-refractivity contribution in [3.05, 3.63) is 88.7 Å². The Labute approximate surface area is 187 Å². The van der Waals surface area contributed by atoms with Crippen LogP contribution in [-0.2, 0) is 6.42 Å². The second-order valence-corrected chi connectivity index (χ2v) is 7.69. The van der Waals surface area contributed by atoms with E-state index in [1.807, 2.05) is 81.4 Å². The number of hydrogen-bond donors (Lipinski definition) is 2. The van der Waals surface area contributed by atoms with Crippen molar-refractivity contribution in [2.75, 3.05) is 10.6 Å². The number of hydrogen-bond acceptors (Lipinski definition) is 5. The second-order valence-electron chi connectivity index (χ2n) is 7.69. The molecule has 2 N–H and O–H groups in total. The van der Waals surface area contributed by atoms with Crippen LogP contribution in [0.3, 0.4) is 0 Å². The summed E-state index contributed by atoms with van der Waals surface area (Å²) in [5.41, 5.74) is 6.60. The van der Waals surface area contributed by atoms with Crippen molar-refractivity contribution in [3.8, 4) is 5.82 Å². The summed E-state index contributed by atoms with van der Waals surface area (Å²) < 4.78 is 1.80. The van der Waals surface area contributed by atoms with Crippen molar-refractivity contribution in [1.29, 1.82) is 0 Å². The highest BCUT2D eigenvalue weighted by molar-refractivity contribution is 6.04. The van der Waals surface area contributed by atoms with Crippen LogP contribution in [-0.4, -0.2) is 25.9 Å². The van der Waals surface area contributed by atoms with Crippen molar-refractivity contribution in [3.63, 3.8) is 0 Å². The van der Waals surface area contributed by atoms with E-state index in [1.165, 1.54) is 5.56 Å². The molecule has 4 aromatic rings. The van der Waals surface area contributed by atoms with E-state index < -0.39 is 0 Å². The molecule has 162 valence electrons. The largest absolute Gasteiger partial charge is 0.339 e. The number of aromatic nitrogens is 4. The molecule has 4 rings (SSSR count). The predicted molar refractivity (Wildman–Crippen MR) is 127 cm³/mol. The molecule has 2 aromatic heterocycles. The Hall–Kier alpha value is -4.00. The van der Waals surface area contributed by atoms with Gasteiger partial charge in [-0.3, -0.25) is 4.79 Å². The van der Waals surface area contributed by atoms with Gasteiger partial charge in [0.25, 0.3) is 5.91 Å². The van der Waals surface area contributed by atoms with Gasteiger partial charge in [-0.15, -0.1) is 10.2 Å². The van der Waals surface area contributed by atoms with Crippen LogP contribution in [0.1, 0.15) is 39.8 Å². The molecular weight excluding hydrogens is 400 g/mol. The molecule has 2 heterocycles. The summed E-state index contributed by atoms with van der Waals surface area (Å²) in [6, 6.07) is 18.9. The first-order chi connectivity index (χ1) is 15.4. The van der Waals surface area contributed by atoms with E-state index in [-0.39, 0.29) is 5.91 Å². The summed E-state index contributed by atoms with van der Waals surface area (Å²) in [5.74, 6) is 1.17. The Morgan fingerprint density at radius 2 is 1.56 bits per heavy atom. The summed E-state index contributed by atoms with van der Waals surface area (Å²) in [4.78, 5) is 12.4. The Morgan fingerprint density at radius 1 is 0.875 bits per heavy atom. The third kappa shape index (κ3) is 4.51. The number of carbonyl (C=O) groups excluding carboxylic acids is 1. The van der Waals surface area contributed by atoms with Gasteiger partial charge in [0.05, 0.1) is 5.69 Å². The number of nitrogens with zero attached hydrogens (tertiary/aromatic N) is 4. The number of anilines is 3. The molecule has 7 heteroatoms. The SMILES string of the molecule is CCc1ccc(C(=O)Nc2ccc(Nc3ccc(-n4nc(C)c(C)c4C)nn3)cc2)cc1. The highest BCUT2D eigenvalue weighted by atomic mass is 16.1. The van der Waals surface area contributed by atoms with Crippen LogP contribution in [0, 0.1) is 20.8 Å². The summed E-state index contributed by atoms with van der Waals surface area (Å²) in [5, 5.41) is 19.2. The van der Waals surface area contributed by atoms with E-state index in [0.29, 0.717) is 17.2 Å². The summed E-state index contributed by atoms with van der Waals surface area (Å²) in [6.07, 6.45) is 0.950. The molecule has 0 unspecified atom stereocenters. The van der Waals surface area contributed by atoms with Gasteiger partial charge in [0, 0.05) is 22.6 Å². The van der Waals surface area contributed by atoms with E-state index in [0.717, 1.165) is 34.7 Å². The lowest BCUT2D eigenvalue weighted by Crippen LogP contribution is -2.11. The summed E-state index contributed by atoms with van der Waals surface area (Å²) in [6.45, 7) is 8.14. The van der Waals surface area contributed by atoms with E-state index in [9.17, 15) is 4.79 Å². The van der Waals surface area contributed by atoms with E-state index in [2.05, 4.69) is 32.9 Å². The third-order valence-corrected chi connectivity index (χ3v) is 5.56. The Bertz CT molecular complexity index is 1230. The van der Waals surface area contributed by atoms with Crippen molar-refractivity contribution >= 4 is 23.1 Å². The number of aryl methyl sites for hydroxylation is 2. The van der Waals surface area contributed by atoms with Gasteiger partial charge in [0.2, 0.25) is 0 Å². The van der Waals surface area contributed by atoms with Gasteiger partial charge in [-0.1, -0.05) is 19.1 Å². The standard InChI is InChI=1S/C25H26N6O/c1-5-19-6-8-20(9-7-19)25(32)27-22-12-10-21(11-13-22)26-23-14-15-24(29-28-23)31-18(4)16(2)17(3)30-31/h6-15H,5H2,1-4H3,(H,26,28)(H,27,32). The van der Waals surface area contributed by atoms with Gasteiger partial charge in [0.1, 0.15) is 0 Å². The Balaban J connectivity index is 1.40. The molecule has 0 fully saturated rings. The lowest BCUT2D eigenvalue weighted by molar-refractivity contribution is 0.102. The molecule has 0 aliphatic heterocycles. The molecule has 0 radical (unpaired) electrons. The first-order valence-electron chi connectivity index (χ1n) is 10.6. The molecule has 0 atom stereocenters. The van der Waals surface area contributed by atoms with Gasteiger partial charge in [-0.25, -0.2) is 4.68 Å². The van der Waals surface area contributed by atoms with Crippen LogP contribution in [0.2, 0.25) is 0 Å². The highest BCUT2D eigenvalue weighted by Gasteiger charge is 2.11. The average Bonchev–Trinajstić information content (AvgIpc) is 3.08. The van der Waals surface area contributed by atoms with Crippen molar-refractivity contribution in [2.45, 2.75) is 34.1 Å². The molecule has 2 aromatic carbocycles. The number of carbonyl (C=O) groups is 1. The minimum absolute atomic E-state index is 0.130. The van der Waals surface area contributed by atoms with E-state index in [4.69, 9.17) is 0 Å². The smallest absolute Gasteiger partial charge is 0.255 e. The van der Waals surface area contributed by atoms with Gasteiger partial charge >= 0.3 is 0 Å². The molecule has 0 bridgehead atoms. The third-order valence-electron chi connectivity index (χ3n) is 5.56. The maximum atomic E-state index is 12.4. The lowest BCUT2D eigenvalue weighted by Gasteiger charge is -2.09. The monoisotopic (exact) mass is 426 g/mol. The van der Waals surface area contributed by atoms with Crippen LogP contribution in [0.25, 0.3) is 5.82 Å². The van der Waals surface area contributed by atoms with Crippen molar-refractivity contribution in [2.24, 2.45) is 0 Å². The quantitative estimate of drug-likeness (QED) is 0.446. The normalized spacial score (nSPS) is 10.8. The first kappa shape index (κ1) is 21.2. The lowest BCUT2D eigenvalue weighted by atomic mass is 10.1. The van der Waals surface area contributed by atoms with Crippen LogP contribution < -0.4 is 10.6 Å². The number of benzene rings is 2. The second kappa shape index (κ2) is 9.01. The van der Waals surface area contributed by atoms with Gasteiger partial charge in [0.15, 0.2) is 11.6 Å². The number of rotatable bonds is 6. The fourth-order valence-electron chi connectivity index (χ4n) is 3.33. The fraction of sp³-hybridized carbons (Fsp3) is 0.200. The molecule has 1 amide bonds. The van der Waals surface area contributed by atoms with Crippen LogP contribution >= 0.6 is 0 Å². The highest BCUT2D eigenvalue weighted by Crippen LogP contribution is 2.20. The molecular formula is C25H26N6O. The minimum Gasteiger partial charge on any atom is -0.339 e. The van der Waals surface area contributed by atoms with Crippen molar-refractivity contribution in [1.82, 2.24) is 20.0 Å². The Morgan fingerprint density at radius 3 is 2.12 bits per heavy atom. The van der Waals surface area contributed by atoms with Crippen LogP contribution in [0.5, 0.6) is 0 Å². The van der Waals surface area contributed by atoms with E-state index in [1.54, 1.807) is 4.68 Å². The molecule has 0 aliphatic rings. The van der Waals surface area contributed by atoms with Gasteiger partial charge in [-0.05, 0) is 86.8 Å².